The molecule has 23 heavy (non-hydrogen) atoms. The summed E-state index contributed by atoms with van der Waals surface area (Å²) in [6, 6.07) is 15.5. The van der Waals surface area contributed by atoms with Gasteiger partial charge in [0.25, 0.3) is 0 Å². The molecule has 0 fully saturated rings. The number of carboxylic acid groups (broad SMARTS) is 1. The van der Waals surface area contributed by atoms with Gasteiger partial charge in [-0.2, -0.15) is 0 Å². The van der Waals surface area contributed by atoms with Gasteiger partial charge < -0.3 is 14.6 Å². The Morgan fingerprint density at radius 1 is 0.826 bits per heavy atom. The summed E-state index contributed by atoms with van der Waals surface area (Å²) in [7, 11) is 0. The number of carbonyl (C=O) groups is 2. The van der Waals surface area contributed by atoms with Crippen LogP contribution in [0.5, 0.6) is 5.75 Å². The fourth-order valence-electron chi connectivity index (χ4n) is 2.00. The Bertz CT molecular complexity index is 651. The predicted octanol–water partition coefficient (Wildman–Crippen LogP) is 3.40. The van der Waals surface area contributed by atoms with E-state index in [1.807, 2.05) is 30.3 Å². The zero-order chi connectivity index (χ0) is 16.5. The first kappa shape index (κ1) is 16.5. The maximum atomic E-state index is 11.9. The molecule has 0 saturated heterocycles. The number of aromatic carboxylic acids is 1. The summed E-state index contributed by atoms with van der Waals surface area (Å²) >= 11 is 0. The molecule has 0 bridgehead atoms. The van der Waals surface area contributed by atoms with Gasteiger partial charge in [-0.05, 0) is 37.1 Å². The molecule has 0 atom stereocenters. The third-order valence-electron chi connectivity index (χ3n) is 3.16. The van der Waals surface area contributed by atoms with E-state index in [4.69, 9.17) is 14.6 Å². The molecule has 2 rings (SSSR count). The van der Waals surface area contributed by atoms with E-state index in [1.165, 1.54) is 12.1 Å². The van der Waals surface area contributed by atoms with Crippen LogP contribution in [0.15, 0.2) is 54.6 Å². The molecule has 1 N–H and O–H groups in total. The zero-order valence-electron chi connectivity index (χ0n) is 12.6. The number of carboxylic acids is 1. The van der Waals surface area contributed by atoms with Crippen molar-refractivity contribution in [2.45, 2.75) is 12.8 Å². The second kappa shape index (κ2) is 8.58. The van der Waals surface area contributed by atoms with Crippen LogP contribution in [0.2, 0.25) is 0 Å². The molecule has 5 nitrogen and oxygen atoms in total. The van der Waals surface area contributed by atoms with Gasteiger partial charge in [0.1, 0.15) is 5.75 Å². The lowest BCUT2D eigenvalue weighted by Crippen LogP contribution is -2.12. The van der Waals surface area contributed by atoms with Crippen molar-refractivity contribution in [3.63, 3.8) is 0 Å². The van der Waals surface area contributed by atoms with Crippen LogP contribution < -0.4 is 4.74 Å². The molecule has 0 aliphatic carbocycles. The molecule has 2 aromatic carbocycles. The van der Waals surface area contributed by atoms with Gasteiger partial charge in [0, 0.05) is 0 Å². The van der Waals surface area contributed by atoms with E-state index in [2.05, 4.69) is 0 Å². The lowest BCUT2D eigenvalue weighted by atomic mass is 10.1. The summed E-state index contributed by atoms with van der Waals surface area (Å²) in [4.78, 5) is 23.0. The van der Waals surface area contributed by atoms with Crippen LogP contribution in [-0.4, -0.2) is 30.3 Å². The number of hydrogen-bond donors (Lipinski definition) is 1. The molecular weight excluding hydrogens is 296 g/mol. The van der Waals surface area contributed by atoms with Gasteiger partial charge in [0.2, 0.25) is 0 Å². The Hall–Kier alpha value is -2.82. The van der Waals surface area contributed by atoms with Crippen LogP contribution in [0.3, 0.4) is 0 Å². The van der Waals surface area contributed by atoms with E-state index < -0.39 is 11.9 Å². The normalized spacial score (nSPS) is 10.1. The van der Waals surface area contributed by atoms with Gasteiger partial charge in [0.15, 0.2) is 0 Å². The highest BCUT2D eigenvalue weighted by molar-refractivity contribution is 6.02. The average Bonchev–Trinajstić information content (AvgIpc) is 2.58. The standard InChI is InChI=1S/C18H18O5/c19-17(20)15-10-4-5-11-16(15)18(21)23-13-7-6-12-22-14-8-2-1-3-9-14/h1-5,8-11H,6-7,12-13H2,(H,19,20). The van der Waals surface area contributed by atoms with Crippen molar-refractivity contribution < 1.29 is 24.2 Å². The van der Waals surface area contributed by atoms with Gasteiger partial charge in [-0.15, -0.1) is 0 Å². The Labute approximate surface area is 134 Å². The number of benzene rings is 2. The average molecular weight is 314 g/mol. The first-order valence-electron chi connectivity index (χ1n) is 7.36. The lowest BCUT2D eigenvalue weighted by Gasteiger charge is -2.08. The van der Waals surface area contributed by atoms with E-state index in [0.717, 1.165) is 12.2 Å². The monoisotopic (exact) mass is 314 g/mol. The number of para-hydroxylation sites is 1. The van der Waals surface area contributed by atoms with Gasteiger partial charge in [0.05, 0.1) is 24.3 Å². The summed E-state index contributed by atoms with van der Waals surface area (Å²) in [5, 5.41) is 9.04. The quantitative estimate of drug-likeness (QED) is 0.597. The topological polar surface area (TPSA) is 72.8 Å². The molecule has 5 heteroatoms. The third kappa shape index (κ3) is 5.14. The van der Waals surface area contributed by atoms with E-state index in [-0.39, 0.29) is 17.7 Å². The van der Waals surface area contributed by atoms with Crippen molar-refractivity contribution in [1.29, 1.82) is 0 Å². The molecule has 0 amide bonds. The van der Waals surface area contributed by atoms with Crippen molar-refractivity contribution in [2.75, 3.05) is 13.2 Å². The summed E-state index contributed by atoms with van der Waals surface area (Å²) in [6.07, 6.45) is 1.39. The van der Waals surface area contributed by atoms with E-state index >= 15 is 0 Å². The Kier molecular flexibility index (Phi) is 6.17. The largest absolute Gasteiger partial charge is 0.494 e. The van der Waals surface area contributed by atoms with E-state index in [0.29, 0.717) is 13.0 Å². The Morgan fingerprint density at radius 3 is 2.13 bits per heavy atom. The summed E-state index contributed by atoms with van der Waals surface area (Å²) in [5.74, 6) is -0.958. The van der Waals surface area contributed by atoms with Gasteiger partial charge in [-0.25, -0.2) is 9.59 Å². The molecule has 2 aromatic rings. The van der Waals surface area contributed by atoms with Crippen molar-refractivity contribution >= 4 is 11.9 Å². The summed E-state index contributed by atoms with van der Waals surface area (Å²) < 4.78 is 10.6. The number of ether oxygens (including phenoxy) is 2. The highest BCUT2D eigenvalue weighted by atomic mass is 16.5. The number of esters is 1. The summed E-state index contributed by atoms with van der Waals surface area (Å²) in [6.45, 7) is 0.762. The number of carbonyl (C=O) groups excluding carboxylic acids is 1. The van der Waals surface area contributed by atoms with Gasteiger partial charge in [-0.1, -0.05) is 30.3 Å². The third-order valence-corrected chi connectivity index (χ3v) is 3.16. The number of rotatable bonds is 8. The maximum absolute atomic E-state index is 11.9. The molecule has 0 unspecified atom stereocenters. The Balaban J connectivity index is 1.70. The summed E-state index contributed by atoms with van der Waals surface area (Å²) in [5.41, 5.74) is 0.0189. The van der Waals surface area contributed by atoms with Crippen LogP contribution in [0.1, 0.15) is 33.6 Å². The van der Waals surface area contributed by atoms with Crippen LogP contribution >= 0.6 is 0 Å². The molecule has 120 valence electrons. The number of hydrogen-bond acceptors (Lipinski definition) is 4. The Morgan fingerprint density at radius 2 is 1.43 bits per heavy atom. The maximum Gasteiger partial charge on any atom is 0.339 e. The SMILES string of the molecule is O=C(O)c1ccccc1C(=O)OCCCCOc1ccccc1. The first-order chi connectivity index (χ1) is 11.2. The van der Waals surface area contributed by atoms with Gasteiger partial charge in [-0.3, -0.25) is 0 Å². The van der Waals surface area contributed by atoms with Crippen molar-refractivity contribution in [3.8, 4) is 5.75 Å². The van der Waals surface area contributed by atoms with Crippen molar-refractivity contribution in [3.05, 3.63) is 65.7 Å². The molecule has 0 aliphatic heterocycles. The highest BCUT2D eigenvalue weighted by Crippen LogP contribution is 2.11. The molecule has 0 heterocycles. The molecular formula is C18H18O5. The molecule has 0 saturated carbocycles. The minimum Gasteiger partial charge on any atom is -0.494 e. The van der Waals surface area contributed by atoms with Crippen LogP contribution in [-0.2, 0) is 4.74 Å². The second-order valence-corrected chi connectivity index (χ2v) is 4.86. The van der Waals surface area contributed by atoms with Crippen LogP contribution in [0.4, 0.5) is 0 Å². The molecule has 0 radical (unpaired) electrons. The predicted molar refractivity (Wildman–Crippen MR) is 84.9 cm³/mol. The lowest BCUT2D eigenvalue weighted by molar-refractivity contribution is 0.0484. The molecule has 0 aliphatic rings. The smallest absolute Gasteiger partial charge is 0.339 e. The first-order valence-corrected chi connectivity index (χ1v) is 7.36. The van der Waals surface area contributed by atoms with Crippen molar-refractivity contribution in [1.82, 2.24) is 0 Å². The zero-order valence-corrected chi connectivity index (χ0v) is 12.6. The number of unbranched alkanes of at least 4 members (excludes halogenated alkanes) is 1. The fourth-order valence-corrected chi connectivity index (χ4v) is 2.00. The molecule has 0 spiro atoms. The van der Waals surface area contributed by atoms with Gasteiger partial charge >= 0.3 is 11.9 Å². The minimum absolute atomic E-state index is 0.0510. The van der Waals surface area contributed by atoms with E-state index in [1.54, 1.807) is 12.1 Å². The van der Waals surface area contributed by atoms with Crippen LogP contribution in [0.25, 0.3) is 0 Å². The van der Waals surface area contributed by atoms with Crippen LogP contribution in [0, 0.1) is 0 Å². The molecule has 0 aromatic heterocycles. The minimum atomic E-state index is -1.14. The fraction of sp³-hybridized carbons (Fsp3) is 0.222. The highest BCUT2D eigenvalue weighted by Gasteiger charge is 2.16. The van der Waals surface area contributed by atoms with Crippen molar-refractivity contribution in [2.24, 2.45) is 0 Å². The second-order valence-electron chi connectivity index (χ2n) is 4.86. The van der Waals surface area contributed by atoms with E-state index in [9.17, 15) is 9.59 Å².